The van der Waals surface area contributed by atoms with Gasteiger partial charge in [0.1, 0.15) is 18.6 Å². The van der Waals surface area contributed by atoms with Gasteiger partial charge in [0.05, 0.1) is 23.6 Å². The molecule has 0 bridgehead atoms. The Kier molecular flexibility index (Phi) is 6.38. The Balaban J connectivity index is 1.33. The molecule has 3 heterocycles. The minimum Gasteiger partial charge on any atom is -0.489 e. The molecule has 1 unspecified atom stereocenters. The predicted octanol–water partition coefficient (Wildman–Crippen LogP) is 3.64. The van der Waals surface area contributed by atoms with Crippen LogP contribution in [0.5, 0.6) is 5.75 Å². The van der Waals surface area contributed by atoms with E-state index in [1.165, 1.54) is 12.5 Å². The van der Waals surface area contributed by atoms with E-state index in [1.54, 1.807) is 11.0 Å². The molecule has 1 atom stereocenters. The molecule has 2 aliphatic rings. The summed E-state index contributed by atoms with van der Waals surface area (Å²) in [6, 6.07) is 7.45. The number of aryl methyl sites for hydroxylation is 1. The summed E-state index contributed by atoms with van der Waals surface area (Å²) in [5.74, 6) is 0.458. The normalized spacial score (nSPS) is 19.6. The Hall–Kier alpha value is -2.80. The molecule has 2 aliphatic heterocycles. The molecule has 0 saturated carbocycles. The minimum absolute atomic E-state index is 0.0313. The van der Waals surface area contributed by atoms with Gasteiger partial charge in [-0.25, -0.2) is 0 Å². The van der Waals surface area contributed by atoms with Crippen LogP contribution in [0.2, 0.25) is 0 Å². The van der Waals surface area contributed by atoms with E-state index in [4.69, 9.17) is 13.9 Å². The van der Waals surface area contributed by atoms with Crippen LogP contribution in [0.1, 0.15) is 41.6 Å². The maximum Gasteiger partial charge on any atom is 0.257 e. The standard InChI is InChI=1S/C23H28N2O5/c1-16-4-5-20(21(13-16)30-15-19-3-2-11-29-19)24-22(26)17-6-9-25(10-7-17)23(27)18-8-12-28-14-18/h4-5,8,12-14,17,19H,2-3,6-7,9-11,15H2,1H3,(H,24,26). The number of carbonyl (C=O) groups excluding carboxylic acids is 2. The third kappa shape index (κ3) is 4.84. The lowest BCUT2D eigenvalue weighted by molar-refractivity contribution is -0.121. The van der Waals surface area contributed by atoms with E-state index in [0.717, 1.165) is 25.0 Å². The highest BCUT2D eigenvalue weighted by atomic mass is 16.5. The summed E-state index contributed by atoms with van der Waals surface area (Å²) in [5.41, 5.74) is 2.30. The number of hydrogen-bond donors (Lipinski definition) is 1. The third-order valence-electron chi connectivity index (χ3n) is 5.76. The van der Waals surface area contributed by atoms with E-state index in [9.17, 15) is 9.59 Å². The van der Waals surface area contributed by atoms with Gasteiger partial charge in [0.2, 0.25) is 5.91 Å². The van der Waals surface area contributed by atoms with Crippen molar-refractivity contribution in [2.24, 2.45) is 5.92 Å². The monoisotopic (exact) mass is 412 g/mol. The average molecular weight is 412 g/mol. The molecule has 0 radical (unpaired) electrons. The number of ether oxygens (including phenoxy) is 2. The topological polar surface area (TPSA) is 81.0 Å². The first-order chi connectivity index (χ1) is 14.6. The van der Waals surface area contributed by atoms with Gasteiger partial charge in [-0.05, 0) is 56.4 Å². The van der Waals surface area contributed by atoms with E-state index in [2.05, 4.69) is 5.32 Å². The molecular weight excluding hydrogens is 384 g/mol. The van der Waals surface area contributed by atoms with Gasteiger partial charge in [-0.1, -0.05) is 6.07 Å². The molecule has 0 spiro atoms. The van der Waals surface area contributed by atoms with E-state index >= 15 is 0 Å². The molecule has 2 aromatic rings. The number of benzene rings is 1. The van der Waals surface area contributed by atoms with Crippen LogP contribution < -0.4 is 10.1 Å². The van der Waals surface area contributed by atoms with Crippen molar-refractivity contribution in [3.63, 3.8) is 0 Å². The van der Waals surface area contributed by atoms with Crippen LogP contribution >= 0.6 is 0 Å². The van der Waals surface area contributed by atoms with Crippen molar-refractivity contribution in [1.82, 2.24) is 4.90 Å². The second-order valence-corrected chi connectivity index (χ2v) is 8.01. The highest BCUT2D eigenvalue weighted by Gasteiger charge is 2.28. The summed E-state index contributed by atoms with van der Waals surface area (Å²) < 4.78 is 16.6. The fourth-order valence-electron chi connectivity index (χ4n) is 3.96. The summed E-state index contributed by atoms with van der Waals surface area (Å²) in [6.07, 6.45) is 6.40. The van der Waals surface area contributed by atoms with Crippen LogP contribution in [0.3, 0.4) is 0 Å². The molecular formula is C23H28N2O5. The number of carbonyl (C=O) groups is 2. The molecule has 4 rings (SSSR count). The molecule has 30 heavy (non-hydrogen) atoms. The lowest BCUT2D eigenvalue weighted by atomic mass is 9.95. The Morgan fingerprint density at radius 1 is 1.20 bits per heavy atom. The number of nitrogens with one attached hydrogen (secondary N) is 1. The van der Waals surface area contributed by atoms with Crippen molar-refractivity contribution >= 4 is 17.5 Å². The van der Waals surface area contributed by atoms with Crippen LogP contribution in [0.15, 0.2) is 41.2 Å². The number of piperidine rings is 1. The molecule has 2 saturated heterocycles. The number of nitrogens with zero attached hydrogens (tertiary/aromatic N) is 1. The number of likely N-dealkylation sites (tertiary alicyclic amines) is 1. The Morgan fingerprint density at radius 3 is 2.73 bits per heavy atom. The van der Waals surface area contributed by atoms with Gasteiger partial charge in [0.25, 0.3) is 5.91 Å². The lowest BCUT2D eigenvalue weighted by Crippen LogP contribution is -2.41. The lowest BCUT2D eigenvalue weighted by Gasteiger charge is -2.31. The zero-order valence-corrected chi connectivity index (χ0v) is 17.3. The maximum absolute atomic E-state index is 12.9. The van der Waals surface area contributed by atoms with Crippen molar-refractivity contribution in [1.29, 1.82) is 0 Å². The number of furan rings is 1. The quantitative estimate of drug-likeness (QED) is 0.784. The largest absolute Gasteiger partial charge is 0.489 e. The van der Waals surface area contributed by atoms with E-state index < -0.39 is 0 Å². The van der Waals surface area contributed by atoms with Crippen molar-refractivity contribution < 1.29 is 23.5 Å². The third-order valence-corrected chi connectivity index (χ3v) is 5.76. The highest BCUT2D eigenvalue weighted by molar-refractivity contribution is 5.95. The number of amides is 2. The van der Waals surface area contributed by atoms with Crippen molar-refractivity contribution in [3.8, 4) is 5.75 Å². The molecule has 2 amide bonds. The fourth-order valence-corrected chi connectivity index (χ4v) is 3.96. The molecule has 2 fully saturated rings. The SMILES string of the molecule is Cc1ccc(NC(=O)C2CCN(C(=O)c3ccoc3)CC2)c(OCC2CCCO2)c1. The molecule has 1 aromatic heterocycles. The summed E-state index contributed by atoms with van der Waals surface area (Å²) in [5, 5.41) is 3.03. The molecule has 1 aromatic carbocycles. The fraction of sp³-hybridized carbons (Fsp3) is 0.478. The number of anilines is 1. The van der Waals surface area contributed by atoms with Gasteiger partial charge >= 0.3 is 0 Å². The van der Waals surface area contributed by atoms with Crippen molar-refractivity contribution in [2.45, 2.75) is 38.7 Å². The van der Waals surface area contributed by atoms with Crippen LogP contribution in [-0.4, -0.2) is 49.1 Å². The zero-order chi connectivity index (χ0) is 20.9. The highest BCUT2D eigenvalue weighted by Crippen LogP contribution is 2.29. The van der Waals surface area contributed by atoms with Gasteiger partial charge in [-0.2, -0.15) is 0 Å². The average Bonchev–Trinajstić information content (AvgIpc) is 3.48. The molecule has 7 heteroatoms. The van der Waals surface area contributed by atoms with Crippen LogP contribution in [-0.2, 0) is 9.53 Å². The van der Waals surface area contributed by atoms with Crippen LogP contribution in [0.4, 0.5) is 5.69 Å². The maximum atomic E-state index is 12.9. The number of hydrogen-bond acceptors (Lipinski definition) is 5. The van der Waals surface area contributed by atoms with Gasteiger partial charge in [-0.15, -0.1) is 0 Å². The Morgan fingerprint density at radius 2 is 2.03 bits per heavy atom. The first-order valence-electron chi connectivity index (χ1n) is 10.6. The molecule has 160 valence electrons. The van der Waals surface area contributed by atoms with Gasteiger partial charge in [-0.3, -0.25) is 9.59 Å². The van der Waals surface area contributed by atoms with Crippen LogP contribution in [0.25, 0.3) is 0 Å². The van der Waals surface area contributed by atoms with Gasteiger partial charge in [0, 0.05) is 25.6 Å². The molecule has 7 nitrogen and oxygen atoms in total. The summed E-state index contributed by atoms with van der Waals surface area (Å²) >= 11 is 0. The van der Waals surface area contributed by atoms with Gasteiger partial charge in [0.15, 0.2) is 0 Å². The number of rotatable bonds is 6. The molecule has 0 aliphatic carbocycles. The van der Waals surface area contributed by atoms with E-state index in [1.807, 2.05) is 25.1 Å². The molecule has 1 N–H and O–H groups in total. The predicted molar refractivity (Wildman–Crippen MR) is 112 cm³/mol. The van der Waals surface area contributed by atoms with Gasteiger partial charge < -0.3 is 24.1 Å². The smallest absolute Gasteiger partial charge is 0.257 e. The minimum atomic E-state index is -0.134. The van der Waals surface area contributed by atoms with Crippen molar-refractivity contribution in [2.75, 3.05) is 31.6 Å². The van der Waals surface area contributed by atoms with E-state index in [-0.39, 0.29) is 23.8 Å². The summed E-state index contributed by atoms with van der Waals surface area (Å²) in [4.78, 5) is 27.1. The first-order valence-corrected chi connectivity index (χ1v) is 10.6. The second kappa shape index (κ2) is 9.34. The van der Waals surface area contributed by atoms with Crippen molar-refractivity contribution in [3.05, 3.63) is 47.9 Å². The van der Waals surface area contributed by atoms with Crippen LogP contribution in [0, 0.1) is 12.8 Å². The summed E-state index contributed by atoms with van der Waals surface area (Å²) in [6.45, 7) is 4.38. The zero-order valence-electron chi connectivity index (χ0n) is 17.3. The summed E-state index contributed by atoms with van der Waals surface area (Å²) in [7, 11) is 0. The first kappa shape index (κ1) is 20.5. The van der Waals surface area contributed by atoms with E-state index in [0.29, 0.717) is 49.5 Å². The second-order valence-electron chi connectivity index (χ2n) is 8.01. The Bertz CT molecular complexity index is 866. The Labute approximate surface area is 176 Å².